The van der Waals surface area contributed by atoms with E-state index in [1.165, 1.54) is 30.3 Å². The predicted octanol–water partition coefficient (Wildman–Crippen LogP) is 4.26. The van der Waals surface area contributed by atoms with Crippen LogP contribution in [-0.2, 0) is 17.4 Å². The average Bonchev–Trinajstić information content (AvgIpc) is 2.44. The SMILES string of the molecule is NC(=O)C(Cc1ccccc1C(F)(F)F)c1ccc(I)cc1F. The van der Waals surface area contributed by atoms with Crippen LogP contribution in [0.2, 0.25) is 0 Å². The third-order valence-corrected chi connectivity index (χ3v) is 4.10. The first-order valence-corrected chi connectivity index (χ1v) is 7.67. The van der Waals surface area contributed by atoms with Gasteiger partial charge in [0.1, 0.15) is 5.82 Å². The lowest BCUT2D eigenvalue weighted by atomic mass is 9.89. The van der Waals surface area contributed by atoms with Gasteiger partial charge in [-0.05, 0) is 52.8 Å². The minimum atomic E-state index is -4.55. The van der Waals surface area contributed by atoms with Gasteiger partial charge in [0.2, 0.25) is 5.91 Å². The van der Waals surface area contributed by atoms with E-state index in [-0.39, 0.29) is 17.5 Å². The van der Waals surface area contributed by atoms with Crippen molar-refractivity contribution in [3.05, 3.63) is 68.5 Å². The summed E-state index contributed by atoms with van der Waals surface area (Å²) in [6.45, 7) is 0. The molecule has 23 heavy (non-hydrogen) atoms. The van der Waals surface area contributed by atoms with Crippen molar-refractivity contribution in [1.29, 1.82) is 0 Å². The van der Waals surface area contributed by atoms with Crippen LogP contribution in [0.15, 0.2) is 42.5 Å². The van der Waals surface area contributed by atoms with Gasteiger partial charge in [0.05, 0.1) is 11.5 Å². The maximum absolute atomic E-state index is 14.1. The highest BCUT2D eigenvalue weighted by atomic mass is 127. The number of rotatable bonds is 4. The minimum absolute atomic E-state index is 0.00473. The summed E-state index contributed by atoms with van der Waals surface area (Å²) in [5.74, 6) is -2.71. The predicted molar refractivity (Wildman–Crippen MR) is 86.2 cm³/mol. The Bertz CT molecular complexity index is 730. The molecule has 0 spiro atoms. The van der Waals surface area contributed by atoms with E-state index in [1.807, 2.05) is 22.6 Å². The Kier molecular flexibility index (Phi) is 5.28. The first-order valence-electron chi connectivity index (χ1n) is 6.59. The molecule has 7 heteroatoms. The third kappa shape index (κ3) is 4.21. The quantitative estimate of drug-likeness (QED) is 0.564. The van der Waals surface area contributed by atoms with Gasteiger partial charge in [0.15, 0.2) is 0 Å². The monoisotopic (exact) mass is 437 g/mol. The Morgan fingerprint density at radius 1 is 1.17 bits per heavy atom. The summed E-state index contributed by atoms with van der Waals surface area (Å²) in [5, 5.41) is 0. The van der Waals surface area contributed by atoms with Crippen molar-refractivity contribution in [3.8, 4) is 0 Å². The van der Waals surface area contributed by atoms with Gasteiger partial charge in [-0.1, -0.05) is 24.3 Å². The smallest absolute Gasteiger partial charge is 0.369 e. The van der Waals surface area contributed by atoms with E-state index in [1.54, 1.807) is 6.07 Å². The molecule has 0 fully saturated rings. The molecule has 0 bridgehead atoms. The fourth-order valence-electron chi connectivity index (χ4n) is 2.34. The van der Waals surface area contributed by atoms with Crippen molar-refractivity contribution in [3.63, 3.8) is 0 Å². The van der Waals surface area contributed by atoms with E-state index in [4.69, 9.17) is 5.73 Å². The third-order valence-electron chi connectivity index (χ3n) is 3.43. The standard InChI is InChI=1S/C16H12F4INO/c17-14-8-10(21)5-6-11(14)12(15(22)23)7-9-3-1-2-4-13(9)16(18,19)20/h1-6,8,12H,7H2,(H2,22,23). The number of nitrogens with two attached hydrogens (primary N) is 1. The topological polar surface area (TPSA) is 43.1 Å². The fourth-order valence-corrected chi connectivity index (χ4v) is 2.80. The van der Waals surface area contributed by atoms with E-state index in [2.05, 4.69) is 0 Å². The van der Waals surface area contributed by atoms with Gasteiger partial charge in [-0.25, -0.2) is 4.39 Å². The van der Waals surface area contributed by atoms with Gasteiger partial charge < -0.3 is 5.73 Å². The van der Waals surface area contributed by atoms with Crippen LogP contribution in [0.25, 0.3) is 0 Å². The van der Waals surface area contributed by atoms with Crippen molar-refractivity contribution in [2.45, 2.75) is 18.5 Å². The summed E-state index contributed by atoms with van der Waals surface area (Å²) in [7, 11) is 0. The van der Waals surface area contributed by atoms with Gasteiger partial charge >= 0.3 is 6.18 Å². The Morgan fingerprint density at radius 3 is 2.39 bits per heavy atom. The van der Waals surface area contributed by atoms with Crippen LogP contribution >= 0.6 is 22.6 Å². The molecule has 1 unspecified atom stereocenters. The molecular formula is C16H12F4INO. The summed E-state index contributed by atoms with van der Waals surface area (Å²) in [5.41, 5.74) is 4.34. The molecule has 122 valence electrons. The van der Waals surface area contributed by atoms with Gasteiger partial charge in [0.25, 0.3) is 0 Å². The molecule has 2 N–H and O–H groups in total. The summed E-state index contributed by atoms with van der Waals surface area (Å²) >= 11 is 1.90. The highest BCUT2D eigenvalue weighted by Crippen LogP contribution is 2.34. The maximum atomic E-state index is 14.1. The minimum Gasteiger partial charge on any atom is -0.369 e. The molecule has 0 saturated heterocycles. The van der Waals surface area contributed by atoms with Gasteiger partial charge in [0, 0.05) is 9.13 Å². The summed E-state index contributed by atoms with van der Waals surface area (Å²) < 4.78 is 53.8. The van der Waals surface area contributed by atoms with E-state index < -0.39 is 29.4 Å². The second-order valence-corrected chi connectivity index (χ2v) is 6.23. The molecule has 2 aromatic rings. The normalized spacial score (nSPS) is 12.9. The van der Waals surface area contributed by atoms with E-state index in [0.29, 0.717) is 3.57 Å². The molecular weight excluding hydrogens is 425 g/mol. The first-order chi connectivity index (χ1) is 10.7. The Labute approximate surface area is 143 Å². The molecule has 0 aromatic heterocycles. The van der Waals surface area contributed by atoms with Crippen LogP contribution in [0, 0.1) is 9.39 Å². The second-order valence-electron chi connectivity index (χ2n) is 4.98. The number of amides is 1. The van der Waals surface area contributed by atoms with Crippen LogP contribution in [0.1, 0.15) is 22.6 Å². The number of primary amides is 1. The number of carbonyl (C=O) groups is 1. The van der Waals surface area contributed by atoms with Crippen LogP contribution in [0.3, 0.4) is 0 Å². The number of hydrogen-bond acceptors (Lipinski definition) is 1. The number of carbonyl (C=O) groups excluding carboxylic acids is 1. The molecule has 0 radical (unpaired) electrons. The molecule has 1 amide bonds. The van der Waals surface area contributed by atoms with Gasteiger partial charge in [-0.3, -0.25) is 4.79 Å². The van der Waals surface area contributed by atoms with Crippen molar-refractivity contribution in [1.82, 2.24) is 0 Å². The lowest BCUT2D eigenvalue weighted by Gasteiger charge is -2.18. The maximum Gasteiger partial charge on any atom is 0.416 e. The van der Waals surface area contributed by atoms with Gasteiger partial charge in [-0.15, -0.1) is 0 Å². The van der Waals surface area contributed by atoms with E-state index >= 15 is 0 Å². The molecule has 0 aliphatic heterocycles. The Hall–Kier alpha value is -1.64. The summed E-state index contributed by atoms with van der Waals surface area (Å²) in [6, 6.07) is 9.06. The number of alkyl halides is 3. The lowest BCUT2D eigenvalue weighted by Crippen LogP contribution is -2.25. The van der Waals surface area contributed by atoms with Crippen LogP contribution < -0.4 is 5.73 Å². The summed E-state index contributed by atoms with van der Waals surface area (Å²) in [6.07, 6.45) is -4.87. The molecule has 0 heterocycles. The zero-order chi connectivity index (χ0) is 17.2. The molecule has 0 aliphatic carbocycles. The van der Waals surface area contributed by atoms with Crippen LogP contribution in [0.4, 0.5) is 17.6 Å². The lowest BCUT2D eigenvalue weighted by molar-refractivity contribution is -0.138. The van der Waals surface area contributed by atoms with Gasteiger partial charge in [-0.2, -0.15) is 13.2 Å². The zero-order valence-electron chi connectivity index (χ0n) is 11.7. The zero-order valence-corrected chi connectivity index (χ0v) is 13.9. The molecule has 2 nitrogen and oxygen atoms in total. The van der Waals surface area contributed by atoms with E-state index in [9.17, 15) is 22.4 Å². The summed E-state index contributed by atoms with van der Waals surface area (Å²) in [4.78, 5) is 11.7. The fraction of sp³-hybridized carbons (Fsp3) is 0.188. The first kappa shape index (κ1) is 17.7. The molecule has 2 aromatic carbocycles. The molecule has 1 atom stereocenters. The molecule has 0 aliphatic rings. The van der Waals surface area contributed by atoms with Crippen LogP contribution in [0.5, 0.6) is 0 Å². The van der Waals surface area contributed by atoms with E-state index in [0.717, 1.165) is 6.07 Å². The van der Waals surface area contributed by atoms with Crippen LogP contribution in [-0.4, -0.2) is 5.91 Å². The largest absolute Gasteiger partial charge is 0.416 e. The Morgan fingerprint density at radius 2 is 1.83 bits per heavy atom. The van der Waals surface area contributed by atoms with Crippen molar-refractivity contribution < 1.29 is 22.4 Å². The van der Waals surface area contributed by atoms with Crippen molar-refractivity contribution >= 4 is 28.5 Å². The second kappa shape index (κ2) is 6.86. The Balaban J connectivity index is 2.44. The number of halogens is 5. The average molecular weight is 437 g/mol. The number of benzene rings is 2. The highest BCUT2D eigenvalue weighted by Gasteiger charge is 2.34. The number of hydrogen-bond donors (Lipinski definition) is 1. The molecule has 2 rings (SSSR count). The molecule has 0 saturated carbocycles. The highest BCUT2D eigenvalue weighted by molar-refractivity contribution is 14.1. The van der Waals surface area contributed by atoms with Crippen molar-refractivity contribution in [2.24, 2.45) is 5.73 Å². The van der Waals surface area contributed by atoms with Crippen molar-refractivity contribution in [2.75, 3.05) is 0 Å².